The fourth-order valence-electron chi connectivity index (χ4n) is 2.34. The molecule has 1 heterocycles. The highest BCUT2D eigenvalue weighted by atomic mass is 32.2. The largest absolute Gasteiger partial charge is 0.399 e. The van der Waals surface area contributed by atoms with Gasteiger partial charge in [0.25, 0.3) is 0 Å². The minimum Gasteiger partial charge on any atom is -0.399 e. The minimum atomic E-state index is 0.126. The normalized spacial score (nSPS) is 23.6. The molecule has 110 valence electrons. The second-order valence-corrected chi connectivity index (χ2v) is 6.82. The van der Waals surface area contributed by atoms with Gasteiger partial charge in [-0.05, 0) is 31.2 Å². The molecule has 0 radical (unpaired) electrons. The molecule has 5 heteroatoms. The van der Waals surface area contributed by atoms with Gasteiger partial charge in [0.2, 0.25) is 5.91 Å². The number of anilines is 2. The lowest BCUT2D eigenvalue weighted by Crippen LogP contribution is -2.49. The number of nitrogens with two attached hydrogens (primary N) is 1. The number of amides is 1. The van der Waals surface area contributed by atoms with Crippen molar-refractivity contribution in [3.8, 4) is 0 Å². The molecule has 2 rings (SSSR count). The van der Waals surface area contributed by atoms with Crippen LogP contribution in [-0.2, 0) is 4.79 Å². The van der Waals surface area contributed by atoms with Crippen LogP contribution in [0.15, 0.2) is 24.3 Å². The second-order valence-electron chi connectivity index (χ2n) is 5.33. The summed E-state index contributed by atoms with van der Waals surface area (Å²) >= 11 is 1.98. The Balaban J connectivity index is 1.98. The Labute approximate surface area is 125 Å². The lowest BCUT2D eigenvalue weighted by Gasteiger charge is -2.37. The van der Waals surface area contributed by atoms with Crippen LogP contribution in [0.4, 0.5) is 11.4 Å². The minimum absolute atomic E-state index is 0.126. The van der Waals surface area contributed by atoms with Gasteiger partial charge < -0.3 is 10.6 Å². The van der Waals surface area contributed by atoms with E-state index in [9.17, 15) is 4.79 Å². The summed E-state index contributed by atoms with van der Waals surface area (Å²) in [7, 11) is 1.82. The number of hydrogen-bond acceptors (Lipinski definition) is 4. The van der Waals surface area contributed by atoms with E-state index < -0.39 is 0 Å². The first kappa shape index (κ1) is 15.2. The van der Waals surface area contributed by atoms with Crippen molar-refractivity contribution in [2.75, 3.05) is 36.5 Å². The molecule has 2 atom stereocenters. The summed E-state index contributed by atoms with van der Waals surface area (Å²) in [6.45, 7) is 5.90. The predicted molar refractivity (Wildman–Crippen MR) is 87.2 cm³/mol. The molecule has 0 spiro atoms. The van der Waals surface area contributed by atoms with Gasteiger partial charge in [-0.1, -0.05) is 6.92 Å². The third kappa shape index (κ3) is 3.46. The molecule has 0 saturated carbocycles. The van der Waals surface area contributed by atoms with E-state index in [1.807, 2.05) is 43.1 Å². The first-order valence-corrected chi connectivity index (χ1v) is 8.01. The number of carbonyl (C=O) groups excluding carboxylic acids is 1. The van der Waals surface area contributed by atoms with E-state index in [1.165, 1.54) is 0 Å². The van der Waals surface area contributed by atoms with E-state index >= 15 is 0 Å². The van der Waals surface area contributed by atoms with Gasteiger partial charge in [0.15, 0.2) is 0 Å². The van der Waals surface area contributed by atoms with Gasteiger partial charge in [-0.25, -0.2) is 0 Å². The van der Waals surface area contributed by atoms with E-state index in [0.717, 1.165) is 18.0 Å². The van der Waals surface area contributed by atoms with Crippen molar-refractivity contribution in [2.24, 2.45) is 0 Å². The van der Waals surface area contributed by atoms with Gasteiger partial charge in [0, 0.05) is 42.0 Å². The smallest absolute Gasteiger partial charge is 0.240 e. The van der Waals surface area contributed by atoms with Crippen molar-refractivity contribution in [3.63, 3.8) is 0 Å². The Bertz CT molecular complexity index is 463. The quantitative estimate of drug-likeness (QED) is 0.867. The van der Waals surface area contributed by atoms with Crippen LogP contribution in [0.5, 0.6) is 0 Å². The Morgan fingerprint density at radius 3 is 2.70 bits per heavy atom. The van der Waals surface area contributed by atoms with Crippen LogP contribution in [0.2, 0.25) is 0 Å². The van der Waals surface area contributed by atoms with Gasteiger partial charge in [0.05, 0.1) is 6.54 Å². The standard InChI is InChI=1S/C15H23N3OS/c1-11-12(2)20-9-8-18(11)10-15(19)17(3)14-6-4-13(16)5-7-14/h4-7,11-12H,8-10,16H2,1-3H3. The topological polar surface area (TPSA) is 49.6 Å². The summed E-state index contributed by atoms with van der Waals surface area (Å²) in [5.41, 5.74) is 7.27. The zero-order valence-electron chi connectivity index (χ0n) is 12.4. The molecule has 2 N–H and O–H groups in total. The molecule has 1 aliphatic rings. The Kier molecular flexibility index (Phi) is 4.94. The fraction of sp³-hybridized carbons (Fsp3) is 0.533. The number of rotatable bonds is 3. The van der Waals surface area contributed by atoms with Crippen molar-refractivity contribution < 1.29 is 4.79 Å². The van der Waals surface area contributed by atoms with E-state index in [-0.39, 0.29) is 5.91 Å². The summed E-state index contributed by atoms with van der Waals surface area (Å²) in [5.74, 6) is 1.23. The molecule has 20 heavy (non-hydrogen) atoms. The van der Waals surface area contributed by atoms with E-state index in [2.05, 4.69) is 18.7 Å². The van der Waals surface area contributed by atoms with Crippen LogP contribution < -0.4 is 10.6 Å². The Morgan fingerprint density at radius 2 is 2.05 bits per heavy atom. The molecule has 1 saturated heterocycles. The maximum atomic E-state index is 12.4. The zero-order valence-corrected chi connectivity index (χ0v) is 13.2. The first-order chi connectivity index (χ1) is 9.49. The molecule has 0 aliphatic carbocycles. The Morgan fingerprint density at radius 1 is 1.40 bits per heavy atom. The van der Waals surface area contributed by atoms with E-state index in [4.69, 9.17) is 5.73 Å². The molecule has 0 aromatic heterocycles. The first-order valence-electron chi connectivity index (χ1n) is 6.97. The van der Waals surface area contributed by atoms with Crippen LogP contribution >= 0.6 is 11.8 Å². The van der Waals surface area contributed by atoms with Gasteiger partial charge in [-0.2, -0.15) is 11.8 Å². The number of likely N-dealkylation sites (N-methyl/N-ethyl adjacent to an activating group) is 1. The van der Waals surface area contributed by atoms with Gasteiger partial charge in [-0.3, -0.25) is 9.69 Å². The predicted octanol–water partition coefficient (Wildman–Crippen LogP) is 2.06. The third-order valence-electron chi connectivity index (χ3n) is 4.01. The average Bonchev–Trinajstić information content (AvgIpc) is 2.44. The zero-order chi connectivity index (χ0) is 14.7. The molecular formula is C15H23N3OS. The van der Waals surface area contributed by atoms with Gasteiger partial charge >= 0.3 is 0 Å². The number of thioether (sulfide) groups is 1. The molecule has 4 nitrogen and oxygen atoms in total. The van der Waals surface area contributed by atoms with Crippen molar-refractivity contribution >= 4 is 29.0 Å². The SMILES string of the molecule is CC1SCCN(CC(=O)N(C)c2ccc(N)cc2)C1C. The average molecular weight is 293 g/mol. The molecule has 1 aromatic rings. The number of nitrogens with zero attached hydrogens (tertiary/aromatic N) is 2. The molecule has 1 fully saturated rings. The number of nitrogen functional groups attached to an aromatic ring is 1. The van der Waals surface area contributed by atoms with Crippen molar-refractivity contribution in [3.05, 3.63) is 24.3 Å². The summed E-state index contributed by atoms with van der Waals surface area (Å²) in [4.78, 5) is 16.4. The maximum absolute atomic E-state index is 12.4. The van der Waals surface area contributed by atoms with E-state index in [1.54, 1.807) is 4.90 Å². The molecule has 1 amide bonds. The molecule has 2 unspecified atom stereocenters. The van der Waals surface area contributed by atoms with Crippen molar-refractivity contribution in [1.29, 1.82) is 0 Å². The monoisotopic (exact) mass is 293 g/mol. The molecular weight excluding hydrogens is 270 g/mol. The van der Waals surface area contributed by atoms with Crippen molar-refractivity contribution in [2.45, 2.75) is 25.1 Å². The molecule has 1 aromatic carbocycles. The number of hydrogen-bond donors (Lipinski definition) is 1. The third-order valence-corrected chi connectivity index (χ3v) is 5.35. The lowest BCUT2D eigenvalue weighted by molar-refractivity contribution is -0.119. The van der Waals surface area contributed by atoms with E-state index in [0.29, 0.717) is 23.5 Å². The summed E-state index contributed by atoms with van der Waals surface area (Å²) in [6, 6.07) is 7.84. The maximum Gasteiger partial charge on any atom is 0.240 e. The van der Waals surface area contributed by atoms with Gasteiger partial charge in [-0.15, -0.1) is 0 Å². The molecule has 0 bridgehead atoms. The fourth-order valence-corrected chi connectivity index (χ4v) is 3.50. The Hall–Kier alpha value is -1.20. The van der Waals surface area contributed by atoms with Crippen LogP contribution in [-0.4, -0.2) is 48.0 Å². The summed E-state index contributed by atoms with van der Waals surface area (Å²) in [5, 5.41) is 0.582. The summed E-state index contributed by atoms with van der Waals surface area (Å²) < 4.78 is 0. The second kappa shape index (κ2) is 6.50. The van der Waals surface area contributed by atoms with Crippen LogP contribution in [0.25, 0.3) is 0 Å². The highest BCUT2D eigenvalue weighted by molar-refractivity contribution is 8.00. The highest BCUT2D eigenvalue weighted by Crippen LogP contribution is 2.24. The van der Waals surface area contributed by atoms with Crippen molar-refractivity contribution in [1.82, 2.24) is 4.90 Å². The van der Waals surface area contributed by atoms with Gasteiger partial charge in [0.1, 0.15) is 0 Å². The highest BCUT2D eigenvalue weighted by Gasteiger charge is 2.27. The molecule has 1 aliphatic heterocycles. The van der Waals surface area contributed by atoms with Crippen LogP contribution in [0, 0.1) is 0 Å². The van der Waals surface area contributed by atoms with Crippen LogP contribution in [0.3, 0.4) is 0 Å². The lowest BCUT2D eigenvalue weighted by atomic mass is 10.2. The summed E-state index contributed by atoms with van der Waals surface area (Å²) in [6.07, 6.45) is 0. The number of carbonyl (C=O) groups is 1. The number of benzene rings is 1. The van der Waals surface area contributed by atoms with Crippen LogP contribution in [0.1, 0.15) is 13.8 Å².